The van der Waals surface area contributed by atoms with Crippen LogP contribution in [0.5, 0.6) is 0 Å². The van der Waals surface area contributed by atoms with Gasteiger partial charge >= 0.3 is 0 Å². The van der Waals surface area contributed by atoms with Gasteiger partial charge in [0.2, 0.25) is 0 Å². The molecule has 1 fully saturated rings. The van der Waals surface area contributed by atoms with Crippen LogP contribution in [0.15, 0.2) is 18.2 Å². The van der Waals surface area contributed by atoms with Crippen molar-refractivity contribution in [2.75, 3.05) is 6.26 Å². The standard InChI is InChI=1S/C14H20FNS/c1-10-8-11(6-7-12(10)15)9-16-13-4-3-5-14(13)17-2/h6-8,13-14,16H,3-5,9H2,1-2H3. The number of nitrogens with one attached hydrogen (secondary N) is 1. The molecular weight excluding hydrogens is 233 g/mol. The molecule has 0 radical (unpaired) electrons. The largest absolute Gasteiger partial charge is 0.309 e. The van der Waals surface area contributed by atoms with Crippen LogP contribution in [0.1, 0.15) is 30.4 Å². The molecule has 0 saturated heterocycles. The van der Waals surface area contributed by atoms with Gasteiger partial charge < -0.3 is 5.32 Å². The highest BCUT2D eigenvalue weighted by molar-refractivity contribution is 7.99. The highest BCUT2D eigenvalue weighted by Gasteiger charge is 2.25. The second-order valence-electron chi connectivity index (χ2n) is 4.78. The third kappa shape index (κ3) is 3.23. The fourth-order valence-corrected chi connectivity index (χ4v) is 3.47. The monoisotopic (exact) mass is 253 g/mol. The molecule has 1 aromatic carbocycles. The minimum atomic E-state index is -0.114. The fourth-order valence-electron chi connectivity index (χ4n) is 2.51. The predicted octanol–water partition coefficient (Wildman–Crippen LogP) is 3.51. The maximum atomic E-state index is 13.1. The van der Waals surface area contributed by atoms with E-state index in [1.54, 1.807) is 6.07 Å². The molecule has 0 amide bonds. The van der Waals surface area contributed by atoms with Crippen molar-refractivity contribution in [1.29, 1.82) is 0 Å². The van der Waals surface area contributed by atoms with Crippen molar-refractivity contribution in [3.8, 4) is 0 Å². The van der Waals surface area contributed by atoms with E-state index in [2.05, 4.69) is 11.6 Å². The lowest BCUT2D eigenvalue weighted by Crippen LogP contribution is -2.33. The van der Waals surface area contributed by atoms with Gasteiger partial charge in [0.15, 0.2) is 0 Å². The van der Waals surface area contributed by atoms with Gasteiger partial charge in [0.25, 0.3) is 0 Å². The van der Waals surface area contributed by atoms with E-state index in [0.717, 1.165) is 17.4 Å². The number of aryl methyl sites for hydroxylation is 1. The van der Waals surface area contributed by atoms with E-state index in [1.807, 2.05) is 30.8 Å². The van der Waals surface area contributed by atoms with Crippen LogP contribution in [0.25, 0.3) is 0 Å². The summed E-state index contributed by atoms with van der Waals surface area (Å²) in [5, 5.41) is 4.35. The van der Waals surface area contributed by atoms with Crippen LogP contribution >= 0.6 is 11.8 Å². The summed E-state index contributed by atoms with van der Waals surface area (Å²) < 4.78 is 13.1. The van der Waals surface area contributed by atoms with Gasteiger partial charge in [-0.1, -0.05) is 18.6 Å². The van der Waals surface area contributed by atoms with E-state index in [4.69, 9.17) is 0 Å². The molecule has 0 aliphatic heterocycles. The van der Waals surface area contributed by atoms with Gasteiger partial charge in [0.05, 0.1) is 0 Å². The average Bonchev–Trinajstić information content (AvgIpc) is 2.78. The molecule has 1 saturated carbocycles. The van der Waals surface area contributed by atoms with Gasteiger partial charge in [-0.3, -0.25) is 0 Å². The number of hydrogen-bond acceptors (Lipinski definition) is 2. The maximum absolute atomic E-state index is 13.1. The van der Waals surface area contributed by atoms with Crippen molar-refractivity contribution >= 4 is 11.8 Å². The van der Waals surface area contributed by atoms with Gasteiger partial charge in [-0.05, 0) is 43.2 Å². The normalized spacial score (nSPS) is 24.2. The van der Waals surface area contributed by atoms with E-state index in [-0.39, 0.29) is 5.82 Å². The smallest absolute Gasteiger partial charge is 0.126 e. The molecule has 1 aromatic rings. The second kappa shape index (κ2) is 5.87. The maximum Gasteiger partial charge on any atom is 0.126 e. The van der Waals surface area contributed by atoms with Crippen molar-refractivity contribution < 1.29 is 4.39 Å². The Balaban J connectivity index is 1.91. The van der Waals surface area contributed by atoms with Gasteiger partial charge in [-0.25, -0.2) is 4.39 Å². The van der Waals surface area contributed by atoms with Crippen molar-refractivity contribution in [2.24, 2.45) is 0 Å². The molecule has 0 spiro atoms. The van der Waals surface area contributed by atoms with Crippen LogP contribution in [0.2, 0.25) is 0 Å². The molecule has 0 heterocycles. The van der Waals surface area contributed by atoms with Crippen molar-refractivity contribution in [3.63, 3.8) is 0 Å². The summed E-state index contributed by atoms with van der Waals surface area (Å²) in [7, 11) is 0. The molecule has 0 bridgehead atoms. The third-order valence-corrected chi connectivity index (χ3v) is 4.72. The number of thioether (sulfide) groups is 1. The van der Waals surface area contributed by atoms with Gasteiger partial charge in [-0.2, -0.15) is 11.8 Å². The first-order valence-electron chi connectivity index (χ1n) is 6.22. The first kappa shape index (κ1) is 12.9. The van der Waals surface area contributed by atoms with Crippen molar-refractivity contribution in [3.05, 3.63) is 35.1 Å². The molecule has 3 heteroatoms. The second-order valence-corrected chi connectivity index (χ2v) is 5.85. The van der Waals surface area contributed by atoms with Gasteiger partial charge in [-0.15, -0.1) is 0 Å². The van der Waals surface area contributed by atoms with E-state index >= 15 is 0 Å². The zero-order valence-corrected chi connectivity index (χ0v) is 11.3. The van der Waals surface area contributed by atoms with Crippen LogP contribution in [0.3, 0.4) is 0 Å². The van der Waals surface area contributed by atoms with E-state index in [0.29, 0.717) is 6.04 Å². The minimum Gasteiger partial charge on any atom is -0.309 e. The summed E-state index contributed by atoms with van der Waals surface area (Å²) in [5.41, 5.74) is 1.91. The summed E-state index contributed by atoms with van der Waals surface area (Å²) >= 11 is 1.96. The molecule has 94 valence electrons. The van der Waals surface area contributed by atoms with Crippen LogP contribution in [0, 0.1) is 12.7 Å². The van der Waals surface area contributed by atoms with E-state index in [1.165, 1.54) is 24.8 Å². The summed E-state index contributed by atoms with van der Waals surface area (Å²) in [6, 6.07) is 5.99. The Morgan fingerprint density at radius 1 is 1.41 bits per heavy atom. The first-order valence-corrected chi connectivity index (χ1v) is 7.50. The number of rotatable bonds is 4. The Bertz CT molecular complexity index is 380. The van der Waals surface area contributed by atoms with Crippen molar-refractivity contribution in [1.82, 2.24) is 5.32 Å². The fraction of sp³-hybridized carbons (Fsp3) is 0.571. The Kier molecular flexibility index (Phi) is 4.46. The van der Waals surface area contributed by atoms with Crippen LogP contribution in [-0.2, 0) is 6.54 Å². The Labute approximate surface area is 107 Å². The molecule has 1 N–H and O–H groups in total. The number of hydrogen-bond donors (Lipinski definition) is 1. The summed E-state index contributed by atoms with van der Waals surface area (Å²) in [4.78, 5) is 0. The molecule has 0 aromatic heterocycles. The summed E-state index contributed by atoms with van der Waals surface area (Å²) in [5.74, 6) is -0.114. The third-order valence-electron chi connectivity index (χ3n) is 3.55. The molecule has 17 heavy (non-hydrogen) atoms. The minimum absolute atomic E-state index is 0.114. The molecule has 2 unspecified atom stereocenters. The molecule has 2 atom stereocenters. The lowest BCUT2D eigenvalue weighted by molar-refractivity contribution is 0.531. The first-order chi connectivity index (χ1) is 8.20. The zero-order valence-electron chi connectivity index (χ0n) is 10.5. The molecular formula is C14H20FNS. The lowest BCUT2D eigenvalue weighted by atomic mass is 10.1. The molecule has 1 aliphatic carbocycles. The van der Waals surface area contributed by atoms with E-state index in [9.17, 15) is 4.39 Å². The topological polar surface area (TPSA) is 12.0 Å². The SMILES string of the molecule is CSC1CCCC1NCc1ccc(F)c(C)c1. The average molecular weight is 253 g/mol. The summed E-state index contributed by atoms with van der Waals surface area (Å²) in [6.07, 6.45) is 6.10. The van der Waals surface area contributed by atoms with E-state index < -0.39 is 0 Å². The highest BCUT2D eigenvalue weighted by atomic mass is 32.2. The summed E-state index contributed by atoms with van der Waals surface area (Å²) in [6.45, 7) is 2.67. The highest BCUT2D eigenvalue weighted by Crippen LogP contribution is 2.28. The number of benzene rings is 1. The molecule has 1 nitrogen and oxygen atoms in total. The van der Waals surface area contributed by atoms with Gasteiger partial charge in [0, 0.05) is 17.8 Å². The van der Waals surface area contributed by atoms with Crippen molar-refractivity contribution in [2.45, 2.75) is 44.0 Å². The Hall–Kier alpha value is -0.540. The lowest BCUT2D eigenvalue weighted by Gasteiger charge is -2.19. The molecule has 2 rings (SSSR count). The quantitative estimate of drug-likeness (QED) is 0.881. The van der Waals surface area contributed by atoms with Crippen LogP contribution in [0.4, 0.5) is 4.39 Å². The Morgan fingerprint density at radius 2 is 2.24 bits per heavy atom. The predicted molar refractivity (Wildman–Crippen MR) is 72.9 cm³/mol. The van der Waals surface area contributed by atoms with Crippen LogP contribution < -0.4 is 5.32 Å². The number of halogens is 1. The van der Waals surface area contributed by atoms with Gasteiger partial charge in [0.1, 0.15) is 5.82 Å². The molecule has 1 aliphatic rings. The Morgan fingerprint density at radius 3 is 2.94 bits per heavy atom. The van der Waals surface area contributed by atoms with Crippen LogP contribution in [-0.4, -0.2) is 17.5 Å². The zero-order chi connectivity index (χ0) is 12.3.